The molecule has 0 heterocycles. The molecule has 0 aromatic heterocycles. The minimum atomic E-state index is -0.565. The first-order chi connectivity index (χ1) is 8.62. The lowest BCUT2D eigenvalue weighted by Gasteiger charge is -2.22. The lowest BCUT2D eigenvalue weighted by Crippen LogP contribution is -2.36. The lowest BCUT2D eigenvalue weighted by atomic mass is 10.1. The Bertz CT molecular complexity index is 461. The van der Waals surface area contributed by atoms with E-state index in [2.05, 4.69) is 0 Å². The Balaban J connectivity index is 2.83. The van der Waals surface area contributed by atoms with Crippen LogP contribution in [0.15, 0.2) is 24.3 Å². The molecule has 1 aromatic carbocycles. The van der Waals surface area contributed by atoms with Crippen LogP contribution in [-0.2, 0) is 0 Å². The van der Waals surface area contributed by atoms with Gasteiger partial charge in [0.25, 0.3) is 0 Å². The van der Waals surface area contributed by atoms with Crippen molar-refractivity contribution in [3.63, 3.8) is 0 Å². The van der Waals surface area contributed by atoms with Gasteiger partial charge >= 0.3 is 0 Å². The highest BCUT2D eigenvalue weighted by Crippen LogP contribution is 2.07. The van der Waals surface area contributed by atoms with Crippen LogP contribution in [0, 0.1) is 22.1 Å². The molecule has 5 heteroatoms. The van der Waals surface area contributed by atoms with Crippen molar-refractivity contribution in [2.24, 2.45) is 0 Å². The van der Waals surface area contributed by atoms with Gasteiger partial charge in [0, 0.05) is 5.56 Å². The minimum absolute atomic E-state index is 0.141. The van der Waals surface area contributed by atoms with Gasteiger partial charge < -0.3 is 10.0 Å². The van der Waals surface area contributed by atoms with Gasteiger partial charge in [-0.25, -0.2) is 0 Å². The number of aliphatic hydroxyl groups excluding tert-OH is 1. The average molecular weight is 244 g/mol. The summed E-state index contributed by atoms with van der Waals surface area (Å²) < 4.78 is 0. The van der Waals surface area contributed by atoms with Crippen molar-refractivity contribution in [3.05, 3.63) is 35.4 Å². The van der Waals surface area contributed by atoms with E-state index in [1.165, 1.54) is 4.90 Å². The van der Waals surface area contributed by atoms with Crippen molar-refractivity contribution < 1.29 is 5.11 Å². The van der Waals surface area contributed by atoms with E-state index in [9.17, 15) is 5.11 Å². The summed E-state index contributed by atoms with van der Waals surface area (Å²) in [5.41, 5.74) is 1.14. The predicted octanol–water partition coefficient (Wildman–Crippen LogP) is 1.56. The normalized spacial score (nSPS) is 11.4. The highest BCUT2D eigenvalue weighted by Gasteiger charge is 2.13. The number of hydrogen-bond donors (Lipinski definition) is 3. The Morgan fingerprint density at radius 1 is 1.50 bits per heavy atom. The molecule has 0 saturated heterocycles. The van der Waals surface area contributed by atoms with E-state index >= 15 is 0 Å². The van der Waals surface area contributed by atoms with Crippen LogP contribution >= 0.6 is 0 Å². The van der Waals surface area contributed by atoms with Gasteiger partial charge in [-0.05, 0) is 30.7 Å². The zero-order valence-corrected chi connectivity index (χ0v) is 10.2. The van der Waals surface area contributed by atoms with E-state index in [-0.39, 0.29) is 12.4 Å². The standard InChI is InChI=1S/C13H16N4O/c1-2-12(18)8-17(9-15)13(16)11-5-3-10(7-14)4-6-11/h3-6,9,12,15-16,18H,2,8H2,1H3. The quantitative estimate of drug-likeness (QED) is 0.542. The maximum absolute atomic E-state index is 9.55. The molecule has 1 atom stereocenters. The number of amidine groups is 1. The Hall–Kier alpha value is -2.19. The van der Waals surface area contributed by atoms with Crippen LogP contribution < -0.4 is 0 Å². The number of nitrogens with zero attached hydrogens (tertiary/aromatic N) is 2. The fourth-order valence-corrected chi connectivity index (χ4v) is 1.43. The van der Waals surface area contributed by atoms with Crippen LogP contribution in [-0.4, -0.2) is 34.8 Å². The third-order valence-electron chi connectivity index (χ3n) is 2.61. The molecule has 0 aliphatic rings. The van der Waals surface area contributed by atoms with Crippen molar-refractivity contribution in [3.8, 4) is 6.07 Å². The number of aliphatic hydroxyl groups is 1. The summed E-state index contributed by atoms with van der Waals surface area (Å²) in [4.78, 5) is 1.37. The van der Waals surface area contributed by atoms with Gasteiger partial charge in [-0.15, -0.1) is 0 Å². The summed E-state index contributed by atoms with van der Waals surface area (Å²) in [5.74, 6) is 0.141. The smallest absolute Gasteiger partial charge is 0.133 e. The summed E-state index contributed by atoms with van der Waals surface area (Å²) in [6, 6.07) is 8.59. The van der Waals surface area contributed by atoms with E-state index in [1.807, 2.05) is 13.0 Å². The Morgan fingerprint density at radius 2 is 2.11 bits per heavy atom. The summed E-state index contributed by atoms with van der Waals surface area (Å²) in [6.45, 7) is 2.07. The second kappa shape index (κ2) is 6.52. The molecular formula is C13H16N4O. The van der Waals surface area contributed by atoms with E-state index in [0.29, 0.717) is 17.5 Å². The van der Waals surface area contributed by atoms with Crippen LogP contribution in [0.4, 0.5) is 0 Å². The average Bonchev–Trinajstić information content (AvgIpc) is 2.43. The van der Waals surface area contributed by atoms with Gasteiger partial charge in [0.15, 0.2) is 0 Å². The number of nitriles is 1. The van der Waals surface area contributed by atoms with Gasteiger partial charge in [0.2, 0.25) is 0 Å². The van der Waals surface area contributed by atoms with Crippen molar-refractivity contribution in [1.29, 1.82) is 16.1 Å². The second-order valence-electron chi connectivity index (χ2n) is 3.88. The monoisotopic (exact) mass is 244 g/mol. The number of rotatable bonds is 5. The fraction of sp³-hybridized carbons (Fsp3) is 0.308. The molecule has 0 amide bonds. The highest BCUT2D eigenvalue weighted by atomic mass is 16.3. The van der Waals surface area contributed by atoms with Gasteiger partial charge in [0.05, 0.1) is 30.6 Å². The van der Waals surface area contributed by atoms with Gasteiger partial charge in [-0.3, -0.25) is 10.8 Å². The molecule has 0 radical (unpaired) electrons. The van der Waals surface area contributed by atoms with Gasteiger partial charge in [0.1, 0.15) is 5.84 Å². The second-order valence-corrected chi connectivity index (χ2v) is 3.88. The largest absolute Gasteiger partial charge is 0.391 e. The molecule has 1 unspecified atom stereocenters. The molecule has 0 spiro atoms. The van der Waals surface area contributed by atoms with Crippen LogP contribution in [0.5, 0.6) is 0 Å². The third-order valence-corrected chi connectivity index (χ3v) is 2.61. The highest BCUT2D eigenvalue weighted by molar-refractivity contribution is 6.02. The molecule has 94 valence electrons. The first-order valence-corrected chi connectivity index (χ1v) is 5.66. The van der Waals surface area contributed by atoms with Crippen molar-refractivity contribution >= 4 is 12.2 Å². The molecule has 0 aliphatic heterocycles. The maximum atomic E-state index is 9.55. The van der Waals surface area contributed by atoms with E-state index < -0.39 is 6.10 Å². The third kappa shape index (κ3) is 3.40. The molecule has 1 rings (SSSR count). The van der Waals surface area contributed by atoms with Crippen LogP contribution in [0.3, 0.4) is 0 Å². The summed E-state index contributed by atoms with van der Waals surface area (Å²) >= 11 is 0. The molecule has 0 aliphatic carbocycles. The predicted molar refractivity (Wildman–Crippen MR) is 69.8 cm³/mol. The Labute approximate surface area is 106 Å². The van der Waals surface area contributed by atoms with E-state index in [0.717, 1.165) is 6.34 Å². The topological polar surface area (TPSA) is 95.0 Å². The Morgan fingerprint density at radius 3 is 2.56 bits per heavy atom. The van der Waals surface area contributed by atoms with Crippen LogP contribution in [0.25, 0.3) is 0 Å². The molecule has 0 saturated carbocycles. The lowest BCUT2D eigenvalue weighted by molar-refractivity contribution is 0.156. The van der Waals surface area contributed by atoms with Crippen molar-refractivity contribution in [1.82, 2.24) is 4.90 Å². The summed E-state index contributed by atoms with van der Waals surface area (Å²) in [7, 11) is 0. The van der Waals surface area contributed by atoms with Crippen molar-refractivity contribution in [2.75, 3.05) is 6.54 Å². The first kappa shape index (κ1) is 13.9. The molecule has 0 bridgehead atoms. The number of hydrogen-bond acceptors (Lipinski definition) is 4. The molecule has 3 N–H and O–H groups in total. The molecule has 1 aromatic rings. The van der Waals surface area contributed by atoms with Crippen molar-refractivity contribution in [2.45, 2.75) is 19.4 Å². The minimum Gasteiger partial charge on any atom is -0.391 e. The molecule has 5 nitrogen and oxygen atoms in total. The summed E-state index contributed by atoms with van der Waals surface area (Å²) in [6.07, 6.45) is 1.04. The fourth-order valence-electron chi connectivity index (χ4n) is 1.43. The molecule has 0 fully saturated rings. The summed E-state index contributed by atoms with van der Waals surface area (Å²) in [5, 5.41) is 33.5. The number of nitrogens with one attached hydrogen (secondary N) is 2. The Kier molecular flexibility index (Phi) is 5.03. The number of benzene rings is 1. The molecule has 18 heavy (non-hydrogen) atoms. The van der Waals surface area contributed by atoms with E-state index in [1.54, 1.807) is 24.3 Å². The van der Waals surface area contributed by atoms with Gasteiger partial charge in [-0.1, -0.05) is 6.92 Å². The molecular weight excluding hydrogens is 228 g/mol. The zero-order valence-electron chi connectivity index (χ0n) is 10.2. The van der Waals surface area contributed by atoms with E-state index in [4.69, 9.17) is 16.1 Å². The zero-order chi connectivity index (χ0) is 13.5. The van der Waals surface area contributed by atoms with Crippen LogP contribution in [0.2, 0.25) is 0 Å². The SMILES string of the molecule is CCC(O)CN(C=N)C(=N)c1ccc(C#N)cc1. The first-order valence-electron chi connectivity index (χ1n) is 5.66. The maximum Gasteiger partial charge on any atom is 0.133 e. The van der Waals surface area contributed by atoms with Crippen LogP contribution in [0.1, 0.15) is 24.5 Å². The van der Waals surface area contributed by atoms with Gasteiger partial charge in [-0.2, -0.15) is 5.26 Å².